The molecule has 0 amide bonds. The van der Waals surface area contributed by atoms with Crippen LogP contribution in [0.4, 0.5) is 0 Å². The van der Waals surface area contributed by atoms with E-state index in [-0.39, 0.29) is 19.0 Å². The zero-order valence-corrected chi connectivity index (χ0v) is 15.8. The zero-order valence-electron chi connectivity index (χ0n) is 15.8. The first-order valence-electron chi connectivity index (χ1n) is 9.61. The number of aromatic nitrogens is 1. The van der Waals surface area contributed by atoms with E-state index in [2.05, 4.69) is 24.3 Å². The summed E-state index contributed by atoms with van der Waals surface area (Å²) in [6.45, 7) is 0.225. The predicted molar refractivity (Wildman–Crippen MR) is 118 cm³/mol. The Balaban J connectivity index is 1.74. The molecule has 0 saturated heterocycles. The van der Waals surface area contributed by atoms with Crippen molar-refractivity contribution in [2.45, 2.75) is 13.1 Å². The molecule has 5 rings (SSSR count). The lowest BCUT2D eigenvalue weighted by Gasteiger charge is -2.10. The number of carbonyl (C=O) groups excluding carboxylic acids is 1. The number of esters is 1. The molecule has 0 spiro atoms. The molecule has 0 fully saturated rings. The zero-order chi connectivity index (χ0) is 19.8. The summed E-state index contributed by atoms with van der Waals surface area (Å²) in [5.74, 6) is -0.366. The Labute approximate surface area is 169 Å². The Morgan fingerprint density at radius 3 is 1.97 bits per heavy atom. The molecule has 4 aromatic carbocycles. The SMILES string of the molecule is [B]Cn1cc2c3ccccc3c3ccccc3c2c1C(=O)OCc1ccccc1. The summed E-state index contributed by atoms with van der Waals surface area (Å²) >= 11 is 0. The summed E-state index contributed by atoms with van der Waals surface area (Å²) in [6, 6.07) is 26.1. The molecule has 0 aliphatic heterocycles. The fourth-order valence-electron chi connectivity index (χ4n) is 4.08. The second kappa shape index (κ2) is 7.14. The van der Waals surface area contributed by atoms with Gasteiger partial charge in [-0.15, -0.1) is 0 Å². The molecule has 5 aromatic rings. The van der Waals surface area contributed by atoms with E-state index in [0.717, 1.165) is 37.9 Å². The highest BCUT2D eigenvalue weighted by Crippen LogP contribution is 2.37. The Morgan fingerprint density at radius 2 is 1.31 bits per heavy atom. The van der Waals surface area contributed by atoms with Crippen molar-refractivity contribution in [3.63, 3.8) is 0 Å². The van der Waals surface area contributed by atoms with Gasteiger partial charge in [-0.3, -0.25) is 0 Å². The lowest BCUT2D eigenvalue weighted by atomic mass is 9.96. The molecule has 3 nitrogen and oxygen atoms in total. The smallest absolute Gasteiger partial charge is 0.355 e. The van der Waals surface area contributed by atoms with Crippen LogP contribution in [-0.2, 0) is 17.8 Å². The fraction of sp³-hybridized carbons (Fsp3) is 0.0800. The van der Waals surface area contributed by atoms with E-state index in [4.69, 9.17) is 12.6 Å². The van der Waals surface area contributed by atoms with Gasteiger partial charge in [0.15, 0.2) is 0 Å². The minimum absolute atomic E-state index is 0.201. The molecule has 0 unspecified atom stereocenters. The number of hydrogen-bond acceptors (Lipinski definition) is 2. The second-order valence-electron chi connectivity index (χ2n) is 7.07. The van der Waals surface area contributed by atoms with Gasteiger partial charge in [0.25, 0.3) is 0 Å². The summed E-state index contributed by atoms with van der Waals surface area (Å²) in [7, 11) is 6.00. The Bertz CT molecular complexity index is 1360. The van der Waals surface area contributed by atoms with Gasteiger partial charge in [0.05, 0.1) is 7.85 Å². The highest BCUT2D eigenvalue weighted by atomic mass is 16.5. The van der Waals surface area contributed by atoms with Crippen LogP contribution >= 0.6 is 0 Å². The summed E-state index contributed by atoms with van der Waals surface area (Å²) < 4.78 is 7.46. The van der Waals surface area contributed by atoms with Crippen molar-refractivity contribution in [2.75, 3.05) is 0 Å². The Hall–Kier alpha value is -3.53. The van der Waals surface area contributed by atoms with Crippen LogP contribution in [0, 0.1) is 0 Å². The van der Waals surface area contributed by atoms with E-state index in [0.29, 0.717) is 5.69 Å². The van der Waals surface area contributed by atoms with Crippen LogP contribution in [0.5, 0.6) is 0 Å². The van der Waals surface area contributed by atoms with Crippen molar-refractivity contribution < 1.29 is 9.53 Å². The van der Waals surface area contributed by atoms with Crippen molar-refractivity contribution in [3.8, 4) is 0 Å². The molecule has 1 aromatic heterocycles. The number of rotatable bonds is 4. The first-order valence-corrected chi connectivity index (χ1v) is 9.61. The predicted octanol–water partition coefficient (Wildman–Crippen LogP) is 5.43. The quantitative estimate of drug-likeness (QED) is 0.238. The lowest BCUT2D eigenvalue weighted by Crippen LogP contribution is -2.12. The third kappa shape index (κ3) is 2.88. The maximum atomic E-state index is 13.2. The van der Waals surface area contributed by atoms with Gasteiger partial charge in [0, 0.05) is 17.0 Å². The molecule has 0 atom stereocenters. The molecule has 0 N–H and O–H groups in total. The summed E-state index contributed by atoms with van der Waals surface area (Å²) in [5, 5.41) is 6.31. The first-order chi connectivity index (χ1) is 14.3. The van der Waals surface area contributed by atoms with Crippen molar-refractivity contribution in [2.24, 2.45) is 0 Å². The number of nitrogens with zero attached hydrogens (tertiary/aromatic N) is 1. The van der Waals surface area contributed by atoms with Gasteiger partial charge in [-0.2, -0.15) is 0 Å². The van der Waals surface area contributed by atoms with Gasteiger partial charge < -0.3 is 9.30 Å². The van der Waals surface area contributed by atoms with Crippen molar-refractivity contribution >= 4 is 46.1 Å². The largest absolute Gasteiger partial charge is 0.456 e. The lowest BCUT2D eigenvalue weighted by molar-refractivity contribution is 0.0463. The van der Waals surface area contributed by atoms with Crippen molar-refractivity contribution in [3.05, 3.63) is 96.3 Å². The van der Waals surface area contributed by atoms with Gasteiger partial charge in [-0.25, -0.2) is 4.79 Å². The summed E-state index contributed by atoms with van der Waals surface area (Å²) in [4.78, 5) is 13.2. The van der Waals surface area contributed by atoms with E-state index in [9.17, 15) is 4.79 Å². The van der Waals surface area contributed by atoms with Crippen LogP contribution in [0.1, 0.15) is 16.1 Å². The van der Waals surface area contributed by atoms with Crippen LogP contribution in [0.25, 0.3) is 32.3 Å². The standard InChI is InChI=1S/C25H18BNO2/c26-16-27-14-22-20-12-5-4-10-18(20)19-11-6-7-13-21(19)23(22)24(27)25(28)29-15-17-8-2-1-3-9-17/h1-14H,15-16H2. The molecule has 0 bridgehead atoms. The fourth-order valence-corrected chi connectivity index (χ4v) is 4.08. The minimum Gasteiger partial charge on any atom is -0.456 e. The number of fused-ring (bicyclic) bond motifs is 6. The molecule has 138 valence electrons. The van der Waals surface area contributed by atoms with Crippen LogP contribution in [-0.4, -0.2) is 18.4 Å². The molecular formula is C25H18BNO2. The first kappa shape index (κ1) is 17.6. The van der Waals surface area contributed by atoms with Gasteiger partial charge >= 0.3 is 5.97 Å². The monoisotopic (exact) mass is 375 g/mol. The van der Waals surface area contributed by atoms with E-state index in [1.807, 2.05) is 60.8 Å². The molecule has 0 aliphatic carbocycles. The molecule has 0 aliphatic rings. The number of ether oxygens (including phenoxy) is 1. The summed E-state index contributed by atoms with van der Waals surface area (Å²) in [5.41, 5.74) is 1.45. The highest BCUT2D eigenvalue weighted by Gasteiger charge is 2.22. The van der Waals surface area contributed by atoms with E-state index in [1.54, 1.807) is 4.57 Å². The third-order valence-corrected chi connectivity index (χ3v) is 5.38. The number of hydrogen-bond donors (Lipinski definition) is 0. The number of benzene rings is 4. The molecule has 29 heavy (non-hydrogen) atoms. The molecule has 0 saturated carbocycles. The van der Waals surface area contributed by atoms with E-state index >= 15 is 0 Å². The molecule has 1 heterocycles. The Kier molecular flexibility index (Phi) is 4.32. The molecule has 4 heteroatoms. The van der Waals surface area contributed by atoms with Crippen molar-refractivity contribution in [1.29, 1.82) is 0 Å². The van der Waals surface area contributed by atoms with Crippen LogP contribution in [0.3, 0.4) is 0 Å². The van der Waals surface area contributed by atoms with Gasteiger partial charge in [0.2, 0.25) is 0 Å². The maximum absolute atomic E-state index is 13.2. The summed E-state index contributed by atoms with van der Waals surface area (Å²) in [6.07, 6.45) is 2.16. The third-order valence-electron chi connectivity index (χ3n) is 5.38. The maximum Gasteiger partial charge on any atom is 0.355 e. The topological polar surface area (TPSA) is 31.2 Å². The Morgan fingerprint density at radius 1 is 0.759 bits per heavy atom. The molecule has 2 radical (unpaired) electrons. The number of carbonyl (C=O) groups is 1. The van der Waals surface area contributed by atoms with E-state index < -0.39 is 0 Å². The van der Waals surface area contributed by atoms with Crippen LogP contribution < -0.4 is 0 Å². The van der Waals surface area contributed by atoms with Gasteiger partial charge in [0.1, 0.15) is 12.3 Å². The second-order valence-corrected chi connectivity index (χ2v) is 7.07. The average molecular weight is 375 g/mol. The minimum atomic E-state index is -0.366. The molecular weight excluding hydrogens is 357 g/mol. The van der Waals surface area contributed by atoms with Crippen LogP contribution in [0.2, 0.25) is 0 Å². The van der Waals surface area contributed by atoms with Gasteiger partial charge in [-0.05, 0) is 33.6 Å². The van der Waals surface area contributed by atoms with Gasteiger partial charge in [-0.1, -0.05) is 78.9 Å². The van der Waals surface area contributed by atoms with Crippen LogP contribution in [0.15, 0.2) is 85.1 Å². The normalized spacial score (nSPS) is 11.3. The highest BCUT2D eigenvalue weighted by molar-refractivity contribution is 6.29. The van der Waals surface area contributed by atoms with E-state index in [1.165, 1.54) is 0 Å². The average Bonchev–Trinajstić information content (AvgIpc) is 3.19. The van der Waals surface area contributed by atoms with Crippen molar-refractivity contribution in [1.82, 2.24) is 4.57 Å².